The minimum Gasteiger partial charge on any atom is -0.380 e. The fourth-order valence-electron chi connectivity index (χ4n) is 1.88. The van der Waals surface area contributed by atoms with Crippen molar-refractivity contribution in [3.8, 4) is 0 Å². The molecule has 0 unspecified atom stereocenters. The summed E-state index contributed by atoms with van der Waals surface area (Å²) in [6.45, 7) is 2.12. The predicted molar refractivity (Wildman–Crippen MR) is 83.0 cm³/mol. The molecular formula is C15H15ClFNO2S. The lowest BCUT2D eigenvalue weighted by atomic mass is 10.1. The Hall–Kier alpha value is -1.59. The van der Waals surface area contributed by atoms with Crippen LogP contribution in [-0.2, 0) is 16.4 Å². The predicted octanol–water partition coefficient (Wildman–Crippen LogP) is 3.80. The van der Waals surface area contributed by atoms with Crippen LogP contribution in [0.5, 0.6) is 0 Å². The highest BCUT2D eigenvalue weighted by Crippen LogP contribution is 2.26. The van der Waals surface area contributed by atoms with E-state index < -0.39 is 9.84 Å². The third kappa shape index (κ3) is 3.95. The van der Waals surface area contributed by atoms with Gasteiger partial charge in [0.2, 0.25) is 0 Å². The third-order valence-electron chi connectivity index (χ3n) is 3.07. The number of nitrogens with one attached hydrogen (secondary N) is 1. The average Bonchev–Trinajstić information content (AvgIpc) is 2.40. The molecule has 0 atom stereocenters. The molecule has 0 aromatic heterocycles. The maximum absolute atomic E-state index is 13.2. The summed E-state index contributed by atoms with van der Waals surface area (Å²) in [5, 5.41) is 3.50. The van der Waals surface area contributed by atoms with Crippen LogP contribution in [0.2, 0.25) is 5.02 Å². The van der Waals surface area contributed by atoms with Gasteiger partial charge in [0.1, 0.15) is 5.82 Å². The van der Waals surface area contributed by atoms with Crippen molar-refractivity contribution in [1.82, 2.24) is 0 Å². The quantitative estimate of drug-likeness (QED) is 0.929. The molecule has 0 spiro atoms. The van der Waals surface area contributed by atoms with Gasteiger partial charge in [-0.25, -0.2) is 12.8 Å². The first-order chi connectivity index (χ1) is 9.77. The second kappa shape index (κ2) is 6.03. The molecule has 0 heterocycles. The Labute approximate surface area is 128 Å². The largest absolute Gasteiger partial charge is 0.380 e. The molecule has 0 saturated carbocycles. The van der Waals surface area contributed by atoms with E-state index in [4.69, 9.17) is 11.6 Å². The van der Waals surface area contributed by atoms with Crippen molar-refractivity contribution in [2.45, 2.75) is 18.4 Å². The van der Waals surface area contributed by atoms with Crippen LogP contribution in [0, 0.1) is 12.7 Å². The lowest BCUT2D eigenvalue weighted by molar-refractivity contribution is 0.602. The number of benzene rings is 2. The van der Waals surface area contributed by atoms with Gasteiger partial charge in [0.15, 0.2) is 9.84 Å². The van der Waals surface area contributed by atoms with Crippen molar-refractivity contribution in [2.75, 3.05) is 11.6 Å². The highest BCUT2D eigenvalue weighted by atomic mass is 35.5. The summed E-state index contributed by atoms with van der Waals surface area (Å²) in [6, 6.07) is 9.30. The monoisotopic (exact) mass is 327 g/mol. The van der Waals surface area contributed by atoms with E-state index >= 15 is 0 Å². The molecule has 2 rings (SSSR count). The molecular weight excluding hydrogens is 313 g/mol. The van der Waals surface area contributed by atoms with Crippen LogP contribution >= 0.6 is 11.6 Å². The zero-order chi connectivity index (χ0) is 15.6. The van der Waals surface area contributed by atoms with E-state index in [9.17, 15) is 12.8 Å². The fraction of sp³-hybridized carbons (Fsp3) is 0.200. The first-order valence-electron chi connectivity index (χ1n) is 6.26. The standard InChI is InChI=1S/C15H15ClFNO2S/c1-10-7-11(3-6-14(10)17)9-18-15-8-12(21(2,19)20)4-5-13(15)16/h3-8,18H,9H2,1-2H3. The van der Waals surface area contributed by atoms with Gasteiger partial charge >= 0.3 is 0 Å². The van der Waals surface area contributed by atoms with Gasteiger partial charge in [0.05, 0.1) is 15.6 Å². The Bertz CT molecular complexity index is 775. The van der Waals surface area contributed by atoms with Crippen LogP contribution in [0.3, 0.4) is 0 Å². The molecule has 0 radical (unpaired) electrons. The maximum Gasteiger partial charge on any atom is 0.175 e. The van der Waals surface area contributed by atoms with Gasteiger partial charge in [0, 0.05) is 12.8 Å². The number of rotatable bonds is 4. The van der Waals surface area contributed by atoms with Crippen molar-refractivity contribution >= 4 is 27.1 Å². The molecule has 6 heteroatoms. The summed E-state index contributed by atoms with van der Waals surface area (Å²) in [7, 11) is -3.29. The molecule has 0 aliphatic heterocycles. The summed E-state index contributed by atoms with van der Waals surface area (Å²) in [4.78, 5) is 0.199. The number of hydrogen-bond donors (Lipinski definition) is 1. The van der Waals surface area contributed by atoms with E-state index in [-0.39, 0.29) is 10.7 Å². The number of hydrogen-bond acceptors (Lipinski definition) is 3. The van der Waals surface area contributed by atoms with Crippen LogP contribution < -0.4 is 5.32 Å². The van der Waals surface area contributed by atoms with Gasteiger partial charge in [-0.2, -0.15) is 0 Å². The SMILES string of the molecule is Cc1cc(CNc2cc(S(C)(=O)=O)ccc2Cl)ccc1F. The summed E-state index contributed by atoms with van der Waals surface area (Å²) in [6.07, 6.45) is 1.14. The van der Waals surface area contributed by atoms with Crippen LogP contribution in [-0.4, -0.2) is 14.7 Å². The van der Waals surface area contributed by atoms with Gasteiger partial charge < -0.3 is 5.32 Å². The molecule has 2 aromatic carbocycles. The van der Waals surface area contributed by atoms with E-state index in [2.05, 4.69) is 5.32 Å². The zero-order valence-electron chi connectivity index (χ0n) is 11.7. The second-order valence-electron chi connectivity index (χ2n) is 4.85. The maximum atomic E-state index is 13.2. The summed E-state index contributed by atoms with van der Waals surface area (Å²) in [5.74, 6) is -0.254. The van der Waals surface area contributed by atoms with Crippen LogP contribution in [0.25, 0.3) is 0 Å². The Morgan fingerprint density at radius 1 is 1.19 bits per heavy atom. The van der Waals surface area contributed by atoms with Crippen LogP contribution in [0.4, 0.5) is 10.1 Å². The molecule has 0 fully saturated rings. The smallest absolute Gasteiger partial charge is 0.175 e. The van der Waals surface area contributed by atoms with Gasteiger partial charge in [0.25, 0.3) is 0 Å². The first kappa shape index (κ1) is 15.8. The zero-order valence-corrected chi connectivity index (χ0v) is 13.2. The van der Waals surface area contributed by atoms with Crippen molar-refractivity contribution < 1.29 is 12.8 Å². The minimum atomic E-state index is -3.29. The summed E-state index contributed by atoms with van der Waals surface area (Å²) < 4.78 is 36.3. The molecule has 0 aliphatic carbocycles. The summed E-state index contributed by atoms with van der Waals surface area (Å²) >= 11 is 6.05. The lowest BCUT2D eigenvalue weighted by Gasteiger charge is -2.11. The van der Waals surface area contributed by atoms with Gasteiger partial charge in [-0.05, 0) is 42.3 Å². The van der Waals surface area contributed by atoms with E-state index in [1.165, 1.54) is 24.3 Å². The fourth-order valence-corrected chi connectivity index (χ4v) is 2.72. The molecule has 0 aliphatic rings. The van der Waals surface area contributed by atoms with Crippen molar-refractivity contribution in [3.05, 3.63) is 58.4 Å². The molecule has 21 heavy (non-hydrogen) atoms. The van der Waals surface area contributed by atoms with E-state index in [0.717, 1.165) is 11.8 Å². The van der Waals surface area contributed by atoms with E-state index in [0.29, 0.717) is 22.8 Å². The van der Waals surface area contributed by atoms with Gasteiger partial charge in [-0.1, -0.05) is 23.7 Å². The van der Waals surface area contributed by atoms with Crippen LogP contribution in [0.1, 0.15) is 11.1 Å². The lowest BCUT2D eigenvalue weighted by Crippen LogP contribution is -2.03. The Morgan fingerprint density at radius 3 is 2.52 bits per heavy atom. The van der Waals surface area contributed by atoms with Gasteiger partial charge in [-0.15, -0.1) is 0 Å². The molecule has 0 bridgehead atoms. The molecule has 1 N–H and O–H groups in total. The number of sulfone groups is 1. The normalized spacial score (nSPS) is 11.4. The number of halogens is 2. The van der Waals surface area contributed by atoms with Crippen LogP contribution in [0.15, 0.2) is 41.3 Å². The highest BCUT2D eigenvalue weighted by Gasteiger charge is 2.10. The first-order valence-corrected chi connectivity index (χ1v) is 8.53. The van der Waals surface area contributed by atoms with Crippen molar-refractivity contribution in [3.63, 3.8) is 0 Å². The summed E-state index contributed by atoms with van der Waals surface area (Å²) in [5.41, 5.74) is 1.97. The number of anilines is 1. The molecule has 0 saturated heterocycles. The van der Waals surface area contributed by atoms with E-state index in [1.54, 1.807) is 19.1 Å². The minimum absolute atomic E-state index is 0.199. The molecule has 0 amide bonds. The Kier molecular flexibility index (Phi) is 4.54. The topological polar surface area (TPSA) is 46.2 Å². The van der Waals surface area contributed by atoms with Gasteiger partial charge in [-0.3, -0.25) is 0 Å². The highest BCUT2D eigenvalue weighted by molar-refractivity contribution is 7.90. The molecule has 112 valence electrons. The molecule has 3 nitrogen and oxygen atoms in total. The van der Waals surface area contributed by atoms with Crippen molar-refractivity contribution in [1.29, 1.82) is 0 Å². The third-order valence-corrected chi connectivity index (χ3v) is 4.51. The Balaban J connectivity index is 2.21. The Morgan fingerprint density at radius 2 is 1.90 bits per heavy atom. The number of aryl methyl sites for hydroxylation is 1. The van der Waals surface area contributed by atoms with Crippen molar-refractivity contribution in [2.24, 2.45) is 0 Å². The second-order valence-corrected chi connectivity index (χ2v) is 7.27. The average molecular weight is 328 g/mol. The molecule has 2 aromatic rings. The van der Waals surface area contributed by atoms with E-state index in [1.807, 2.05) is 0 Å².